The highest BCUT2D eigenvalue weighted by Gasteiger charge is 2.35. The van der Waals surface area contributed by atoms with Gasteiger partial charge < -0.3 is 19.3 Å². The summed E-state index contributed by atoms with van der Waals surface area (Å²) in [6, 6.07) is 3.29. The van der Waals surface area contributed by atoms with E-state index < -0.39 is 17.1 Å². The highest BCUT2D eigenvalue weighted by molar-refractivity contribution is 8.18. The van der Waals surface area contributed by atoms with Crippen LogP contribution in [-0.4, -0.2) is 55.0 Å². The highest BCUT2D eigenvalue weighted by Crippen LogP contribution is 2.40. The Morgan fingerprint density at radius 1 is 1.16 bits per heavy atom. The number of hydrogen-bond acceptors (Lipinski definition) is 7. The molecular formula is C16H17NO7S. The molecule has 1 aromatic carbocycles. The topological polar surface area (TPSA) is 102 Å². The van der Waals surface area contributed by atoms with Crippen LogP contribution >= 0.6 is 11.8 Å². The molecule has 1 fully saturated rings. The Bertz CT molecular complexity index is 719. The number of amides is 2. The Labute approximate surface area is 148 Å². The second kappa shape index (κ2) is 7.93. The number of benzene rings is 1. The standard InChI is InChI=1S/C16H17NO7S/c1-22-10-6-9(7-11(23-2)14(10)24-3)8-12-15(20)17(16(21)25-12)5-4-13(18)19/h6-8H,4-5H2,1-3H3,(H,18,19). The van der Waals surface area contributed by atoms with Crippen LogP contribution in [0, 0.1) is 0 Å². The molecule has 134 valence electrons. The van der Waals surface area contributed by atoms with E-state index in [1.807, 2.05) is 0 Å². The molecule has 0 radical (unpaired) electrons. The molecule has 0 aliphatic carbocycles. The van der Waals surface area contributed by atoms with Crippen LogP contribution < -0.4 is 14.2 Å². The number of aliphatic carboxylic acids is 1. The minimum absolute atomic E-state index is 0.160. The largest absolute Gasteiger partial charge is 0.493 e. The highest BCUT2D eigenvalue weighted by atomic mass is 32.2. The Hall–Kier alpha value is -2.68. The van der Waals surface area contributed by atoms with E-state index in [-0.39, 0.29) is 17.9 Å². The van der Waals surface area contributed by atoms with Crippen LogP contribution in [0.15, 0.2) is 17.0 Å². The Balaban J connectivity index is 2.32. The third-order valence-electron chi connectivity index (χ3n) is 3.41. The first kappa shape index (κ1) is 18.7. The molecule has 1 aliphatic rings. The van der Waals surface area contributed by atoms with Crippen LogP contribution in [0.1, 0.15) is 12.0 Å². The lowest BCUT2D eigenvalue weighted by Crippen LogP contribution is -2.30. The summed E-state index contributed by atoms with van der Waals surface area (Å²) >= 11 is 0.758. The van der Waals surface area contributed by atoms with Crippen molar-refractivity contribution in [3.05, 3.63) is 22.6 Å². The minimum Gasteiger partial charge on any atom is -0.493 e. The predicted molar refractivity (Wildman–Crippen MR) is 91.0 cm³/mol. The van der Waals surface area contributed by atoms with Crippen molar-refractivity contribution in [2.24, 2.45) is 0 Å². The van der Waals surface area contributed by atoms with Crippen molar-refractivity contribution in [2.75, 3.05) is 27.9 Å². The summed E-state index contributed by atoms with van der Waals surface area (Å²) in [7, 11) is 4.43. The Kier molecular flexibility index (Phi) is 5.92. The van der Waals surface area contributed by atoms with E-state index in [0.29, 0.717) is 22.8 Å². The van der Waals surface area contributed by atoms with E-state index >= 15 is 0 Å². The first-order valence-corrected chi connectivity index (χ1v) is 8.00. The van der Waals surface area contributed by atoms with Gasteiger partial charge in [0.15, 0.2) is 11.5 Å². The van der Waals surface area contributed by atoms with Crippen molar-refractivity contribution in [2.45, 2.75) is 6.42 Å². The molecule has 0 unspecified atom stereocenters. The number of nitrogens with zero attached hydrogens (tertiary/aromatic N) is 1. The molecule has 1 saturated heterocycles. The van der Waals surface area contributed by atoms with Gasteiger partial charge in [-0.1, -0.05) is 0 Å². The number of imide groups is 1. The molecule has 1 N–H and O–H groups in total. The number of rotatable bonds is 7. The summed E-state index contributed by atoms with van der Waals surface area (Å²) in [5.41, 5.74) is 0.582. The summed E-state index contributed by atoms with van der Waals surface area (Å²) < 4.78 is 15.7. The van der Waals surface area contributed by atoms with Crippen molar-refractivity contribution in [1.29, 1.82) is 0 Å². The van der Waals surface area contributed by atoms with Gasteiger partial charge in [0.05, 0.1) is 32.7 Å². The first-order valence-electron chi connectivity index (χ1n) is 7.18. The van der Waals surface area contributed by atoms with Gasteiger partial charge in [-0.05, 0) is 35.5 Å². The zero-order valence-corrected chi connectivity index (χ0v) is 14.7. The second-order valence-electron chi connectivity index (χ2n) is 4.94. The van der Waals surface area contributed by atoms with Crippen molar-refractivity contribution in [3.8, 4) is 17.2 Å². The molecule has 0 aromatic heterocycles. The number of carboxylic acid groups (broad SMARTS) is 1. The van der Waals surface area contributed by atoms with E-state index in [2.05, 4.69) is 0 Å². The molecule has 1 aromatic rings. The molecule has 0 spiro atoms. The molecule has 9 heteroatoms. The van der Waals surface area contributed by atoms with Crippen molar-refractivity contribution >= 4 is 35.0 Å². The second-order valence-corrected chi connectivity index (χ2v) is 5.93. The van der Waals surface area contributed by atoms with E-state index in [1.54, 1.807) is 12.1 Å². The van der Waals surface area contributed by atoms with Crippen LogP contribution in [0.5, 0.6) is 17.2 Å². The van der Waals surface area contributed by atoms with Gasteiger partial charge in [-0.25, -0.2) is 0 Å². The third kappa shape index (κ3) is 4.05. The predicted octanol–water partition coefficient (Wildman–Crippen LogP) is 2.22. The van der Waals surface area contributed by atoms with Gasteiger partial charge in [0.25, 0.3) is 11.1 Å². The normalized spacial score (nSPS) is 15.6. The first-order chi connectivity index (χ1) is 11.9. The van der Waals surface area contributed by atoms with Crippen molar-refractivity contribution < 1.29 is 33.7 Å². The fourth-order valence-electron chi connectivity index (χ4n) is 2.24. The molecule has 8 nitrogen and oxygen atoms in total. The van der Waals surface area contributed by atoms with Crippen LogP contribution in [0.4, 0.5) is 4.79 Å². The van der Waals surface area contributed by atoms with Crippen LogP contribution in [-0.2, 0) is 9.59 Å². The number of hydrogen-bond donors (Lipinski definition) is 1. The van der Waals surface area contributed by atoms with Gasteiger partial charge in [0.2, 0.25) is 5.75 Å². The maximum absolute atomic E-state index is 12.3. The minimum atomic E-state index is -1.08. The summed E-state index contributed by atoms with van der Waals surface area (Å²) in [5, 5.41) is 8.21. The quantitative estimate of drug-likeness (QED) is 0.732. The summed E-state index contributed by atoms with van der Waals surface area (Å²) in [5.74, 6) is -0.356. The monoisotopic (exact) mass is 367 g/mol. The fraction of sp³-hybridized carbons (Fsp3) is 0.312. The fourth-order valence-corrected chi connectivity index (χ4v) is 3.10. The van der Waals surface area contributed by atoms with Crippen LogP contribution in [0.2, 0.25) is 0 Å². The summed E-state index contributed by atoms with van der Waals surface area (Å²) in [4.78, 5) is 36.0. The van der Waals surface area contributed by atoms with Gasteiger partial charge in [-0.15, -0.1) is 0 Å². The lowest BCUT2D eigenvalue weighted by molar-refractivity contribution is -0.137. The smallest absolute Gasteiger partial charge is 0.305 e. The zero-order valence-electron chi connectivity index (χ0n) is 13.9. The molecule has 1 heterocycles. The van der Waals surface area contributed by atoms with E-state index in [0.717, 1.165) is 16.7 Å². The Morgan fingerprint density at radius 2 is 1.76 bits per heavy atom. The maximum Gasteiger partial charge on any atom is 0.305 e. The average molecular weight is 367 g/mol. The lowest BCUT2D eigenvalue weighted by atomic mass is 10.1. The van der Waals surface area contributed by atoms with E-state index in [9.17, 15) is 14.4 Å². The average Bonchev–Trinajstić information content (AvgIpc) is 2.85. The van der Waals surface area contributed by atoms with Gasteiger partial charge in [-0.3, -0.25) is 19.3 Å². The van der Waals surface area contributed by atoms with Crippen LogP contribution in [0.25, 0.3) is 6.08 Å². The SMILES string of the molecule is COc1cc(C=C2SC(=O)N(CCC(=O)O)C2=O)cc(OC)c1OC. The molecule has 0 atom stereocenters. The number of carbonyl (C=O) groups excluding carboxylic acids is 2. The number of methoxy groups -OCH3 is 3. The number of carbonyl (C=O) groups is 3. The molecule has 0 saturated carbocycles. The number of carboxylic acids is 1. The molecule has 2 rings (SSSR count). The molecular weight excluding hydrogens is 350 g/mol. The van der Waals surface area contributed by atoms with Gasteiger partial charge in [0.1, 0.15) is 0 Å². The van der Waals surface area contributed by atoms with E-state index in [4.69, 9.17) is 19.3 Å². The van der Waals surface area contributed by atoms with Gasteiger partial charge in [-0.2, -0.15) is 0 Å². The molecule has 2 amide bonds. The maximum atomic E-state index is 12.3. The molecule has 0 bridgehead atoms. The van der Waals surface area contributed by atoms with Crippen molar-refractivity contribution in [1.82, 2.24) is 4.90 Å². The third-order valence-corrected chi connectivity index (χ3v) is 4.32. The van der Waals surface area contributed by atoms with E-state index in [1.165, 1.54) is 27.4 Å². The van der Waals surface area contributed by atoms with Gasteiger partial charge >= 0.3 is 5.97 Å². The number of ether oxygens (including phenoxy) is 3. The summed E-state index contributed by atoms with van der Waals surface area (Å²) in [6.45, 7) is -0.160. The van der Waals surface area contributed by atoms with Gasteiger partial charge in [0, 0.05) is 6.54 Å². The molecule has 1 aliphatic heterocycles. The molecule has 25 heavy (non-hydrogen) atoms. The van der Waals surface area contributed by atoms with Crippen LogP contribution in [0.3, 0.4) is 0 Å². The summed E-state index contributed by atoms with van der Waals surface area (Å²) in [6.07, 6.45) is 1.23. The Morgan fingerprint density at radius 3 is 2.24 bits per heavy atom. The zero-order chi connectivity index (χ0) is 18.6. The number of thioether (sulfide) groups is 1. The van der Waals surface area contributed by atoms with Crippen molar-refractivity contribution in [3.63, 3.8) is 0 Å². The lowest BCUT2D eigenvalue weighted by Gasteiger charge is -2.13.